The van der Waals surface area contributed by atoms with E-state index in [0.29, 0.717) is 17.5 Å². The molecule has 1 unspecified atom stereocenters. The number of aliphatic hydroxyl groups is 1. The molecule has 0 spiro atoms. The first-order chi connectivity index (χ1) is 20.8. The molecule has 0 bridgehead atoms. The molecule has 44 heavy (non-hydrogen) atoms. The number of carbonyl (C=O) groups excluding carboxylic acids is 2. The summed E-state index contributed by atoms with van der Waals surface area (Å²) in [7, 11) is 0. The van der Waals surface area contributed by atoms with Crippen molar-refractivity contribution in [1.29, 1.82) is 0 Å². The third kappa shape index (κ3) is 9.28. The van der Waals surface area contributed by atoms with Crippen molar-refractivity contribution in [3.8, 4) is 0 Å². The summed E-state index contributed by atoms with van der Waals surface area (Å²) in [6.45, 7) is 8.45. The first-order valence-corrected chi connectivity index (χ1v) is 14.4. The first kappa shape index (κ1) is 33.0. The summed E-state index contributed by atoms with van der Waals surface area (Å²) in [6.07, 6.45) is -1.67. The average molecular weight is 610 g/mol. The topological polar surface area (TPSA) is 147 Å². The Morgan fingerprint density at radius 2 is 1.73 bits per heavy atom. The summed E-state index contributed by atoms with van der Waals surface area (Å²) in [5, 5.41) is 12.6. The predicted octanol–water partition coefficient (Wildman–Crippen LogP) is 3.91. The van der Waals surface area contributed by atoms with Crippen molar-refractivity contribution in [2.75, 3.05) is 18.5 Å². The van der Waals surface area contributed by atoms with E-state index in [1.54, 1.807) is 81.4 Å². The summed E-state index contributed by atoms with van der Waals surface area (Å²) < 4.78 is 30.8. The van der Waals surface area contributed by atoms with Crippen LogP contribution in [0.25, 0.3) is 0 Å². The molecule has 0 saturated carbocycles. The van der Waals surface area contributed by atoms with E-state index in [-0.39, 0.29) is 19.0 Å². The van der Waals surface area contributed by atoms with Crippen LogP contribution in [0.3, 0.4) is 0 Å². The molecule has 12 nitrogen and oxygen atoms in total. The number of anilines is 1. The number of ether oxygens (including phenoxy) is 5. The first-order valence-electron chi connectivity index (χ1n) is 14.4. The molecule has 4 rings (SSSR count). The second kappa shape index (κ2) is 14.2. The smallest absolute Gasteiger partial charge is 0.351 e. The normalized spacial score (nSPS) is 19.5. The lowest BCUT2D eigenvalue weighted by atomic mass is 10.1. The van der Waals surface area contributed by atoms with E-state index in [1.165, 1.54) is 30.7 Å². The summed E-state index contributed by atoms with van der Waals surface area (Å²) in [4.78, 5) is 42.9. The molecule has 0 radical (unpaired) electrons. The highest BCUT2D eigenvalue weighted by Crippen LogP contribution is 2.30. The monoisotopic (exact) mass is 609 g/mol. The van der Waals surface area contributed by atoms with E-state index in [0.717, 1.165) is 0 Å². The highest BCUT2D eigenvalue weighted by atomic mass is 16.7. The molecule has 0 aliphatic carbocycles. The van der Waals surface area contributed by atoms with Crippen LogP contribution in [0.4, 0.5) is 5.82 Å². The Balaban J connectivity index is 1.59. The van der Waals surface area contributed by atoms with Gasteiger partial charge >= 0.3 is 11.7 Å². The molecular weight excluding hydrogens is 570 g/mol. The number of esters is 1. The zero-order chi connectivity index (χ0) is 31.9. The van der Waals surface area contributed by atoms with Crippen LogP contribution in [0.2, 0.25) is 0 Å². The van der Waals surface area contributed by atoms with Crippen molar-refractivity contribution in [3.05, 3.63) is 94.5 Å². The number of hydrogen-bond acceptors (Lipinski definition) is 10. The lowest BCUT2D eigenvalue weighted by Gasteiger charge is -2.42. The highest BCUT2D eigenvalue weighted by molar-refractivity contribution is 6.03. The van der Waals surface area contributed by atoms with Crippen LogP contribution in [0.5, 0.6) is 0 Å². The van der Waals surface area contributed by atoms with Crippen LogP contribution in [0, 0.1) is 0 Å². The molecule has 2 heterocycles. The van der Waals surface area contributed by atoms with E-state index in [2.05, 4.69) is 10.3 Å². The summed E-state index contributed by atoms with van der Waals surface area (Å²) in [6, 6.07) is 18.4. The Hall–Kier alpha value is -3.94. The molecule has 2 aromatic carbocycles. The van der Waals surface area contributed by atoms with Crippen molar-refractivity contribution in [2.24, 2.45) is 0 Å². The SMILES string of the molecule is C[C@H](OC(=O)c1ccccc1)[C@@H](OC1COC(C)(C)O[C@H]1CCOC(C)(C)O)n1ccc(NC(=O)c2ccccc2)nc1=O. The number of nitrogens with one attached hydrogen (secondary N) is 1. The molecule has 1 aromatic heterocycles. The van der Waals surface area contributed by atoms with Gasteiger partial charge in [0.25, 0.3) is 5.91 Å². The van der Waals surface area contributed by atoms with Gasteiger partial charge in [0.2, 0.25) is 0 Å². The van der Waals surface area contributed by atoms with Gasteiger partial charge in [-0.05, 0) is 71.4 Å². The van der Waals surface area contributed by atoms with Crippen LogP contribution in [-0.2, 0) is 23.7 Å². The largest absolute Gasteiger partial charge is 0.454 e. The number of hydrogen-bond donors (Lipinski definition) is 2. The van der Waals surface area contributed by atoms with Gasteiger partial charge in [0, 0.05) is 11.8 Å². The summed E-state index contributed by atoms with van der Waals surface area (Å²) in [5.41, 5.74) is -0.0143. The minimum absolute atomic E-state index is 0.0421. The van der Waals surface area contributed by atoms with Crippen LogP contribution < -0.4 is 11.0 Å². The molecule has 3 aromatic rings. The van der Waals surface area contributed by atoms with Gasteiger partial charge in [0.1, 0.15) is 18.0 Å². The summed E-state index contributed by atoms with van der Waals surface area (Å²) >= 11 is 0. The van der Waals surface area contributed by atoms with E-state index in [9.17, 15) is 19.5 Å². The number of benzene rings is 2. The maximum Gasteiger partial charge on any atom is 0.351 e. The van der Waals surface area contributed by atoms with E-state index >= 15 is 0 Å². The molecule has 1 fully saturated rings. The van der Waals surface area contributed by atoms with Gasteiger partial charge in [0.15, 0.2) is 17.8 Å². The minimum atomic E-state index is -1.34. The Bertz CT molecular complexity index is 1460. The Morgan fingerprint density at radius 3 is 2.34 bits per heavy atom. The van der Waals surface area contributed by atoms with Crippen molar-refractivity contribution in [3.63, 3.8) is 0 Å². The molecule has 236 valence electrons. The molecule has 2 N–H and O–H groups in total. The van der Waals surface area contributed by atoms with Gasteiger partial charge in [-0.2, -0.15) is 4.98 Å². The van der Waals surface area contributed by atoms with Crippen molar-refractivity contribution in [1.82, 2.24) is 9.55 Å². The van der Waals surface area contributed by atoms with Gasteiger partial charge in [-0.3, -0.25) is 9.36 Å². The van der Waals surface area contributed by atoms with Gasteiger partial charge in [-0.1, -0.05) is 36.4 Å². The Labute approximate surface area is 255 Å². The molecule has 4 atom stereocenters. The zero-order valence-electron chi connectivity index (χ0n) is 25.5. The predicted molar refractivity (Wildman–Crippen MR) is 160 cm³/mol. The molecule has 1 saturated heterocycles. The quantitative estimate of drug-likeness (QED) is 0.229. The highest BCUT2D eigenvalue weighted by Gasteiger charge is 2.40. The molecule has 1 aliphatic heterocycles. The lowest BCUT2D eigenvalue weighted by molar-refractivity contribution is -0.325. The molecule has 12 heteroatoms. The zero-order valence-corrected chi connectivity index (χ0v) is 25.5. The number of nitrogens with zero attached hydrogens (tertiary/aromatic N) is 2. The third-order valence-electron chi connectivity index (χ3n) is 6.70. The Morgan fingerprint density at radius 1 is 1.09 bits per heavy atom. The Kier molecular flexibility index (Phi) is 10.7. The van der Waals surface area contributed by atoms with E-state index < -0.39 is 53.7 Å². The second-order valence-corrected chi connectivity index (χ2v) is 11.3. The fourth-order valence-electron chi connectivity index (χ4n) is 4.57. The fourth-order valence-corrected chi connectivity index (χ4v) is 4.57. The van der Waals surface area contributed by atoms with Crippen LogP contribution in [0.15, 0.2) is 77.7 Å². The van der Waals surface area contributed by atoms with Gasteiger partial charge in [-0.15, -0.1) is 0 Å². The second-order valence-electron chi connectivity index (χ2n) is 11.3. The standard InChI is InChI=1S/C32H39N3O9/c1-21(42-29(37)23-14-10-7-11-15-23)28(43-25-20-41-32(4,5)44-24(25)17-19-40-31(2,3)39)35-18-16-26(34-30(35)38)33-27(36)22-12-8-6-9-13-22/h6-16,18,21,24-25,28,39H,17,19-20H2,1-5H3,(H,33,34,36,38)/t21-,24-,25?,28+/m0/s1. The van der Waals surface area contributed by atoms with Gasteiger partial charge in [0.05, 0.1) is 24.9 Å². The van der Waals surface area contributed by atoms with Crippen LogP contribution in [0.1, 0.15) is 68.0 Å². The number of aromatic nitrogens is 2. The minimum Gasteiger partial charge on any atom is -0.454 e. The van der Waals surface area contributed by atoms with Crippen molar-refractivity contribution < 1.29 is 38.4 Å². The lowest BCUT2D eigenvalue weighted by Crippen LogP contribution is -2.52. The summed E-state index contributed by atoms with van der Waals surface area (Å²) in [5.74, 6) is -3.25. The van der Waals surface area contributed by atoms with E-state index in [1.807, 2.05) is 0 Å². The maximum atomic E-state index is 13.3. The van der Waals surface area contributed by atoms with Crippen molar-refractivity contribution >= 4 is 17.7 Å². The van der Waals surface area contributed by atoms with Gasteiger partial charge < -0.3 is 34.1 Å². The number of amides is 1. The van der Waals surface area contributed by atoms with Crippen molar-refractivity contribution in [2.45, 2.75) is 77.2 Å². The van der Waals surface area contributed by atoms with Crippen LogP contribution in [-0.4, -0.2) is 69.6 Å². The fraction of sp³-hybridized carbons (Fsp3) is 0.438. The number of carbonyl (C=O) groups is 2. The maximum absolute atomic E-state index is 13.3. The molecule has 1 amide bonds. The van der Waals surface area contributed by atoms with E-state index in [4.69, 9.17) is 23.7 Å². The number of rotatable bonds is 12. The van der Waals surface area contributed by atoms with Gasteiger partial charge in [-0.25, -0.2) is 9.59 Å². The molecular formula is C32H39N3O9. The third-order valence-corrected chi connectivity index (χ3v) is 6.70. The molecule has 1 aliphatic rings. The average Bonchev–Trinajstić information content (AvgIpc) is 2.97. The van der Waals surface area contributed by atoms with Crippen LogP contribution >= 0.6 is 0 Å².